The maximum absolute atomic E-state index is 11.9. The molecule has 0 saturated carbocycles. The predicted molar refractivity (Wildman–Crippen MR) is 115 cm³/mol. The number of aromatic amines is 1. The number of aromatic nitrogens is 6. The van der Waals surface area contributed by atoms with E-state index in [0.29, 0.717) is 13.1 Å². The van der Waals surface area contributed by atoms with Crippen molar-refractivity contribution in [3.05, 3.63) is 42.0 Å². The molecular formula is C21H27N9O. The molecule has 1 saturated heterocycles. The molecule has 0 aromatic carbocycles. The summed E-state index contributed by atoms with van der Waals surface area (Å²) in [7, 11) is 1.90. The molecule has 3 aromatic heterocycles. The van der Waals surface area contributed by atoms with E-state index in [-0.39, 0.29) is 5.91 Å². The smallest absolute Gasteiger partial charge is 0.219 e. The zero-order valence-corrected chi connectivity index (χ0v) is 18.0. The molecule has 0 radical (unpaired) electrons. The molecule has 5 rings (SSSR count). The van der Waals surface area contributed by atoms with Crippen LogP contribution in [0.4, 0.5) is 5.82 Å². The third-order valence-corrected chi connectivity index (χ3v) is 6.04. The fourth-order valence-corrected chi connectivity index (χ4v) is 4.28. The second-order valence-electron chi connectivity index (χ2n) is 8.22. The minimum atomic E-state index is 0.0767. The highest BCUT2D eigenvalue weighted by molar-refractivity contribution is 5.74. The Morgan fingerprint density at radius 2 is 1.94 bits per heavy atom. The van der Waals surface area contributed by atoms with Gasteiger partial charge in [0, 0.05) is 83.3 Å². The zero-order valence-electron chi connectivity index (χ0n) is 18.0. The van der Waals surface area contributed by atoms with Crippen LogP contribution in [0.3, 0.4) is 0 Å². The maximum Gasteiger partial charge on any atom is 0.219 e. The Hall–Kier alpha value is -3.27. The molecule has 0 spiro atoms. The van der Waals surface area contributed by atoms with E-state index in [9.17, 15) is 4.79 Å². The second kappa shape index (κ2) is 8.10. The van der Waals surface area contributed by atoms with Gasteiger partial charge in [-0.3, -0.25) is 14.4 Å². The summed E-state index contributed by atoms with van der Waals surface area (Å²) >= 11 is 0. The first-order valence-electron chi connectivity index (χ1n) is 10.7. The molecule has 5 heterocycles. The van der Waals surface area contributed by atoms with Crippen LogP contribution < -0.4 is 4.90 Å². The third kappa shape index (κ3) is 4.02. The highest BCUT2D eigenvalue weighted by Crippen LogP contribution is 2.31. The molecule has 31 heavy (non-hydrogen) atoms. The average molecular weight is 422 g/mol. The topological polar surface area (TPSA) is 99.1 Å². The number of carbonyl (C=O) groups is 1. The number of H-pyrrole nitrogens is 1. The van der Waals surface area contributed by atoms with Crippen molar-refractivity contribution in [3.63, 3.8) is 0 Å². The van der Waals surface area contributed by atoms with Gasteiger partial charge in [0.2, 0.25) is 5.91 Å². The van der Waals surface area contributed by atoms with Crippen LogP contribution in [0.25, 0.3) is 11.3 Å². The first-order valence-corrected chi connectivity index (χ1v) is 10.7. The van der Waals surface area contributed by atoms with Gasteiger partial charge in [-0.1, -0.05) is 0 Å². The van der Waals surface area contributed by atoms with E-state index < -0.39 is 0 Å². The van der Waals surface area contributed by atoms with E-state index in [1.165, 1.54) is 0 Å². The van der Waals surface area contributed by atoms with Crippen LogP contribution in [0.15, 0.2) is 24.9 Å². The van der Waals surface area contributed by atoms with Crippen LogP contribution in [-0.4, -0.2) is 78.1 Å². The lowest BCUT2D eigenvalue weighted by atomic mass is 10.1. The number of hydrogen-bond donors (Lipinski definition) is 1. The fraction of sp³-hybridized carbons (Fsp3) is 0.476. The SMILES string of the molecule is CC(=O)N1CCc2nc(N3CCN(Cc4cnc[nH]4)CC3)c(-c3cnn(C)c3)nc2C1. The minimum absolute atomic E-state index is 0.0767. The summed E-state index contributed by atoms with van der Waals surface area (Å²) in [5.41, 5.74) is 4.82. The summed E-state index contributed by atoms with van der Waals surface area (Å²) in [4.78, 5) is 35.8. The largest absolute Gasteiger partial charge is 0.352 e. The molecule has 0 aliphatic carbocycles. The van der Waals surface area contributed by atoms with Crippen LogP contribution >= 0.6 is 0 Å². The highest BCUT2D eigenvalue weighted by Gasteiger charge is 2.27. The molecule has 0 unspecified atom stereocenters. The van der Waals surface area contributed by atoms with E-state index >= 15 is 0 Å². The number of nitrogens with zero attached hydrogens (tertiary/aromatic N) is 8. The van der Waals surface area contributed by atoms with Crippen LogP contribution in [0.1, 0.15) is 24.0 Å². The van der Waals surface area contributed by atoms with Crippen LogP contribution in [0.5, 0.6) is 0 Å². The summed E-state index contributed by atoms with van der Waals surface area (Å²) in [6.45, 7) is 7.36. The molecule has 1 amide bonds. The van der Waals surface area contributed by atoms with Crippen molar-refractivity contribution in [3.8, 4) is 11.3 Å². The Labute approximate surface area is 180 Å². The lowest BCUT2D eigenvalue weighted by Gasteiger charge is -2.36. The van der Waals surface area contributed by atoms with E-state index in [0.717, 1.165) is 73.3 Å². The lowest BCUT2D eigenvalue weighted by Crippen LogP contribution is -2.46. The predicted octanol–water partition coefficient (Wildman–Crippen LogP) is 0.827. The first kappa shape index (κ1) is 19.7. The lowest BCUT2D eigenvalue weighted by molar-refractivity contribution is -0.129. The Morgan fingerprint density at radius 1 is 1.10 bits per heavy atom. The Morgan fingerprint density at radius 3 is 2.61 bits per heavy atom. The van der Waals surface area contributed by atoms with Gasteiger partial charge in [-0.2, -0.15) is 5.10 Å². The number of nitrogens with one attached hydrogen (secondary N) is 1. The molecule has 10 nitrogen and oxygen atoms in total. The van der Waals surface area contributed by atoms with Crippen LogP contribution in [0.2, 0.25) is 0 Å². The van der Waals surface area contributed by atoms with E-state index in [2.05, 4.69) is 24.9 Å². The van der Waals surface area contributed by atoms with Crippen molar-refractivity contribution >= 4 is 11.7 Å². The molecule has 162 valence electrons. The van der Waals surface area contributed by atoms with Crippen molar-refractivity contribution in [2.24, 2.45) is 7.05 Å². The van der Waals surface area contributed by atoms with Gasteiger partial charge < -0.3 is 14.8 Å². The number of amides is 1. The molecular weight excluding hydrogens is 394 g/mol. The molecule has 2 aliphatic heterocycles. The molecule has 3 aromatic rings. The van der Waals surface area contributed by atoms with Crippen molar-refractivity contribution < 1.29 is 4.79 Å². The molecule has 10 heteroatoms. The number of aryl methyl sites for hydroxylation is 1. The summed E-state index contributed by atoms with van der Waals surface area (Å²) in [6.07, 6.45) is 8.15. The zero-order chi connectivity index (χ0) is 21.4. The van der Waals surface area contributed by atoms with E-state index in [1.807, 2.05) is 30.5 Å². The quantitative estimate of drug-likeness (QED) is 0.666. The van der Waals surface area contributed by atoms with Crippen LogP contribution in [0, 0.1) is 0 Å². The van der Waals surface area contributed by atoms with Crippen molar-refractivity contribution in [1.82, 2.24) is 39.5 Å². The van der Waals surface area contributed by atoms with Gasteiger partial charge in [0.25, 0.3) is 0 Å². The number of anilines is 1. The summed E-state index contributed by atoms with van der Waals surface area (Å²) in [6, 6.07) is 0. The molecule has 0 bridgehead atoms. The van der Waals surface area contributed by atoms with Gasteiger partial charge >= 0.3 is 0 Å². The number of carbonyl (C=O) groups excluding carboxylic acids is 1. The molecule has 0 atom stereocenters. The normalized spacial score (nSPS) is 17.1. The number of hydrogen-bond acceptors (Lipinski definition) is 7. The maximum atomic E-state index is 11.9. The Bertz CT molecular complexity index is 1070. The van der Waals surface area contributed by atoms with Gasteiger partial charge in [-0.25, -0.2) is 15.0 Å². The van der Waals surface area contributed by atoms with Crippen molar-refractivity contribution in [1.29, 1.82) is 0 Å². The standard InChI is InChI=1S/C21H27N9O/c1-15(31)30-4-3-18-19(13-30)25-20(16-9-24-27(2)11-16)21(26-18)29-7-5-28(6-8-29)12-17-10-22-14-23-17/h9-11,14H,3-8,12-13H2,1-2H3,(H,22,23). The Kier molecular flexibility index (Phi) is 5.14. The number of fused-ring (bicyclic) bond motifs is 1. The minimum Gasteiger partial charge on any atom is -0.352 e. The summed E-state index contributed by atoms with van der Waals surface area (Å²) in [5, 5.41) is 4.34. The molecule has 1 N–H and O–H groups in total. The first-order chi connectivity index (χ1) is 15.1. The second-order valence-corrected chi connectivity index (χ2v) is 8.22. The molecule has 2 aliphatic rings. The Balaban J connectivity index is 1.42. The van der Waals surface area contributed by atoms with Gasteiger partial charge in [-0.15, -0.1) is 0 Å². The van der Waals surface area contributed by atoms with Crippen molar-refractivity contribution in [2.45, 2.75) is 26.4 Å². The average Bonchev–Trinajstić information content (AvgIpc) is 3.44. The number of imidazole rings is 1. The summed E-state index contributed by atoms with van der Waals surface area (Å²) < 4.78 is 1.78. The summed E-state index contributed by atoms with van der Waals surface area (Å²) in [5.74, 6) is 0.997. The van der Waals surface area contributed by atoms with Gasteiger partial charge in [0.15, 0.2) is 5.82 Å². The van der Waals surface area contributed by atoms with Gasteiger partial charge in [0.1, 0.15) is 5.69 Å². The highest BCUT2D eigenvalue weighted by atomic mass is 16.2. The van der Waals surface area contributed by atoms with Gasteiger partial charge in [0.05, 0.1) is 30.5 Å². The number of piperazine rings is 1. The van der Waals surface area contributed by atoms with Crippen LogP contribution in [-0.2, 0) is 31.4 Å². The number of rotatable bonds is 4. The van der Waals surface area contributed by atoms with Crippen molar-refractivity contribution in [2.75, 3.05) is 37.6 Å². The van der Waals surface area contributed by atoms with E-state index in [1.54, 1.807) is 17.9 Å². The molecule has 1 fully saturated rings. The van der Waals surface area contributed by atoms with Gasteiger partial charge in [-0.05, 0) is 0 Å². The van der Waals surface area contributed by atoms with E-state index in [4.69, 9.17) is 9.97 Å². The third-order valence-electron chi connectivity index (χ3n) is 6.04. The monoisotopic (exact) mass is 421 g/mol. The fourth-order valence-electron chi connectivity index (χ4n) is 4.28.